The maximum absolute atomic E-state index is 12.4. The van der Waals surface area contributed by atoms with E-state index in [4.69, 9.17) is 9.47 Å². The Hall–Kier alpha value is -3.55. The molecule has 0 atom stereocenters. The minimum atomic E-state index is -0.595. The van der Waals surface area contributed by atoms with Crippen LogP contribution in [0.2, 0.25) is 0 Å². The highest BCUT2D eigenvalue weighted by atomic mass is 16.6. The summed E-state index contributed by atoms with van der Waals surface area (Å²) in [5, 5.41) is 8.27. The molecule has 3 amide bonds. The molecule has 0 radical (unpaired) electrons. The maximum atomic E-state index is 12.4. The third-order valence-electron chi connectivity index (χ3n) is 4.39. The summed E-state index contributed by atoms with van der Waals surface area (Å²) in [4.78, 5) is 36.3. The number of amides is 3. The van der Waals surface area contributed by atoms with Gasteiger partial charge in [0, 0.05) is 25.2 Å². The van der Waals surface area contributed by atoms with Crippen LogP contribution in [0.3, 0.4) is 0 Å². The molecule has 0 bridgehead atoms. The molecule has 0 saturated carbocycles. The Morgan fingerprint density at radius 3 is 2.27 bits per heavy atom. The number of hydrogen-bond acceptors (Lipinski definition) is 5. The predicted octanol–water partition coefficient (Wildman–Crippen LogP) is 3.80. The van der Waals surface area contributed by atoms with Crippen LogP contribution in [-0.4, -0.2) is 36.7 Å². The van der Waals surface area contributed by atoms with Gasteiger partial charge in [-0.2, -0.15) is 0 Å². The van der Waals surface area contributed by atoms with Crippen molar-refractivity contribution in [3.63, 3.8) is 0 Å². The molecule has 0 heterocycles. The van der Waals surface area contributed by atoms with Crippen LogP contribution < -0.4 is 20.7 Å². The van der Waals surface area contributed by atoms with Gasteiger partial charge in [0.25, 0.3) is 0 Å². The lowest BCUT2D eigenvalue weighted by Gasteiger charge is -2.19. The third kappa shape index (κ3) is 10.1. The van der Waals surface area contributed by atoms with Gasteiger partial charge in [0.15, 0.2) is 0 Å². The first-order chi connectivity index (χ1) is 15.7. The highest BCUT2D eigenvalue weighted by Gasteiger charge is 2.16. The van der Waals surface area contributed by atoms with Crippen molar-refractivity contribution in [1.29, 1.82) is 0 Å². The van der Waals surface area contributed by atoms with E-state index in [1.54, 1.807) is 32.9 Å². The molecular weight excluding hydrogens is 422 g/mol. The standard InChI is InChI=1S/C25H33N3O5/c1-5-32-20-12-10-18(11-13-20)16-23(30)27-17-19-8-6-7-9-21(19)28-22(29)14-15-26-24(31)33-25(2,3)4/h6-13H,5,14-17H2,1-4H3,(H,26,31)(H,27,30)(H,28,29). The van der Waals surface area contributed by atoms with Crippen LogP contribution in [0.25, 0.3) is 0 Å². The lowest BCUT2D eigenvalue weighted by Crippen LogP contribution is -2.34. The summed E-state index contributed by atoms with van der Waals surface area (Å²) in [6, 6.07) is 14.7. The van der Waals surface area contributed by atoms with Gasteiger partial charge in [0.1, 0.15) is 11.4 Å². The number of nitrogens with one attached hydrogen (secondary N) is 3. The maximum Gasteiger partial charge on any atom is 0.407 e. The fourth-order valence-electron chi connectivity index (χ4n) is 2.91. The van der Waals surface area contributed by atoms with Gasteiger partial charge in [-0.05, 0) is 57.0 Å². The summed E-state index contributed by atoms with van der Waals surface area (Å²) >= 11 is 0. The largest absolute Gasteiger partial charge is 0.494 e. The van der Waals surface area contributed by atoms with Gasteiger partial charge in [-0.3, -0.25) is 9.59 Å². The number of benzene rings is 2. The minimum Gasteiger partial charge on any atom is -0.494 e. The molecule has 2 aromatic rings. The molecule has 8 nitrogen and oxygen atoms in total. The predicted molar refractivity (Wildman–Crippen MR) is 127 cm³/mol. The van der Waals surface area contributed by atoms with Gasteiger partial charge < -0.3 is 25.4 Å². The smallest absolute Gasteiger partial charge is 0.407 e. The van der Waals surface area contributed by atoms with Crippen molar-refractivity contribution < 1.29 is 23.9 Å². The number of carbonyl (C=O) groups excluding carboxylic acids is 3. The van der Waals surface area contributed by atoms with Crippen LogP contribution >= 0.6 is 0 Å². The van der Waals surface area contributed by atoms with Crippen molar-refractivity contribution in [3.05, 3.63) is 59.7 Å². The Labute approximate surface area is 195 Å². The second kappa shape index (κ2) is 12.5. The second-order valence-electron chi connectivity index (χ2n) is 8.41. The number of para-hydroxylation sites is 1. The van der Waals surface area contributed by atoms with Gasteiger partial charge in [0.2, 0.25) is 11.8 Å². The van der Waals surface area contributed by atoms with Crippen LogP contribution in [0, 0.1) is 0 Å². The Balaban J connectivity index is 1.81. The Kier molecular flexibility index (Phi) is 9.72. The van der Waals surface area contributed by atoms with E-state index in [9.17, 15) is 14.4 Å². The first-order valence-corrected chi connectivity index (χ1v) is 11.0. The molecule has 8 heteroatoms. The molecule has 178 valence electrons. The van der Waals surface area contributed by atoms with E-state index >= 15 is 0 Å². The summed E-state index contributed by atoms with van der Waals surface area (Å²) in [6.45, 7) is 8.26. The van der Waals surface area contributed by atoms with Crippen molar-refractivity contribution >= 4 is 23.6 Å². The molecule has 0 saturated heterocycles. The molecule has 0 aliphatic heterocycles. The number of anilines is 1. The van der Waals surface area contributed by atoms with E-state index in [1.165, 1.54) is 0 Å². The molecule has 33 heavy (non-hydrogen) atoms. The average molecular weight is 456 g/mol. The van der Waals surface area contributed by atoms with Crippen LogP contribution in [0.1, 0.15) is 45.2 Å². The fraction of sp³-hybridized carbons (Fsp3) is 0.400. The van der Waals surface area contributed by atoms with Crippen LogP contribution in [0.4, 0.5) is 10.5 Å². The van der Waals surface area contributed by atoms with E-state index < -0.39 is 11.7 Å². The van der Waals surface area contributed by atoms with Crippen LogP contribution in [0.5, 0.6) is 5.75 Å². The number of alkyl carbamates (subject to hydrolysis) is 1. The Bertz CT molecular complexity index is 936. The molecular formula is C25H33N3O5. The van der Waals surface area contributed by atoms with Crippen molar-refractivity contribution in [1.82, 2.24) is 10.6 Å². The molecule has 2 rings (SSSR count). The van der Waals surface area contributed by atoms with E-state index in [0.717, 1.165) is 16.9 Å². The van der Waals surface area contributed by atoms with E-state index in [0.29, 0.717) is 12.3 Å². The third-order valence-corrected chi connectivity index (χ3v) is 4.39. The van der Waals surface area contributed by atoms with Crippen molar-refractivity contribution in [2.75, 3.05) is 18.5 Å². The topological polar surface area (TPSA) is 106 Å². The first-order valence-electron chi connectivity index (χ1n) is 11.0. The molecule has 0 aliphatic rings. The summed E-state index contributed by atoms with van der Waals surface area (Å²) in [5.41, 5.74) is 1.69. The lowest BCUT2D eigenvalue weighted by atomic mass is 10.1. The molecule has 2 aromatic carbocycles. The molecule has 0 spiro atoms. The molecule has 0 aliphatic carbocycles. The van der Waals surface area contributed by atoms with Crippen molar-refractivity contribution in [3.8, 4) is 5.75 Å². The van der Waals surface area contributed by atoms with Gasteiger partial charge in [-0.25, -0.2) is 4.79 Å². The molecule has 0 aromatic heterocycles. The van der Waals surface area contributed by atoms with Crippen molar-refractivity contribution in [2.45, 2.75) is 52.7 Å². The van der Waals surface area contributed by atoms with Crippen LogP contribution in [-0.2, 0) is 27.3 Å². The zero-order chi connectivity index (χ0) is 24.3. The Morgan fingerprint density at radius 2 is 1.61 bits per heavy atom. The summed E-state index contributed by atoms with van der Waals surface area (Å²) in [5.74, 6) is 0.397. The lowest BCUT2D eigenvalue weighted by molar-refractivity contribution is -0.120. The van der Waals surface area contributed by atoms with Gasteiger partial charge in [-0.15, -0.1) is 0 Å². The summed E-state index contributed by atoms with van der Waals surface area (Å²) in [7, 11) is 0. The fourth-order valence-corrected chi connectivity index (χ4v) is 2.91. The van der Waals surface area contributed by atoms with Gasteiger partial charge in [0.05, 0.1) is 13.0 Å². The quantitative estimate of drug-likeness (QED) is 0.505. The monoisotopic (exact) mass is 455 g/mol. The highest BCUT2D eigenvalue weighted by molar-refractivity contribution is 5.92. The Morgan fingerprint density at radius 1 is 0.909 bits per heavy atom. The van der Waals surface area contributed by atoms with E-state index in [2.05, 4.69) is 16.0 Å². The van der Waals surface area contributed by atoms with E-state index in [-0.39, 0.29) is 37.7 Å². The molecule has 0 fully saturated rings. The number of carbonyl (C=O) groups is 3. The average Bonchev–Trinajstić information content (AvgIpc) is 2.73. The van der Waals surface area contributed by atoms with Crippen LogP contribution in [0.15, 0.2) is 48.5 Å². The summed E-state index contributed by atoms with van der Waals surface area (Å²) in [6.07, 6.45) is -0.222. The SMILES string of the molecule is CCOc1ccc(CC(=O)NCc2ccccc2NC(=O)CCNC(=O)OC(C)(C)C)cc1. The summed E-state index contributed by atoms with van der Waals surface area (Å²) < 4.78 is 10.6. The number of ether oxygens (including phenoxy) is 2. The van der Waals surface area contributed by atoms with E-state index in [1.807, 2.05) is 43.3 Å². The molecule has 3 N–H and O–H groups in total. The number of hydrogen-bond donors (Lipinski definition) is 3. The zero-order valence-corrected chi connectivity index (χ0v) is 19.7. The zero-order valence-electron chi connectivity index (χ0n) is 19.7. The number of rotatable bonds is 10. The second-order valence-corrected chi connectivity index (χ2v) is 8.41. The highest BCUT2D eigenvalue weighted by Crippen LogP contribution is 2.16. The molecule has 0 unspecified atom stereocenters. The van der Waals surface area contributed by atoms with Gasteiger partial charge >= 0.3 is 6.09 Å². The van der Waals surface area contributed by atoms with Crippen molar-refractivity contribution in [2.24, 2.45) is 0 Å². The normalized spacial score (nSPS) is 10.8. The van der Waals surface area contributed by atoms with Gasteiger partial charge in [-0.1, -0.05) is 30.3 Å². The first kappa shape index (κ1) is 25.7. The minimum absolute atomic E-state index is 0.0949.